The predicted molar refractivity (Wildman–Crippen MR) is 70.5 cm³/mol. The molecule has 0 bridgehead atoms. The number of nitrogens with zero attached hydrogens (tertiary/aromatic N) is 1. The summed E-state index contributed by atoms with van der Waals surface area (Å²) in [5.41, 5.74) is 0.700. The Morgan fingerprint density at radius 3 is 2.75 bits per heavy atom. The third-order valence-corrected chi connectivity index (χ3v) is 3.42. The van der Waals surface area contributed by atoms with Crippen LogP contribution in [0.2, 0.25) is 0 Å². The van der Waals surface area contributed by atoms with Gasteiger partial charge in [-0.05, 0) is 6.07 Å². The number of aliphatic hydroxyl groups excluding tert-OH is 1. The Labute approximate surface area is 116 Å². The zero-order valence-corrected chi connectivity index (χ0v) is 11.2. The first kappa shape index (κ1) is 14.3. The fourth-order valence-electron chi connectivity index (χ4n) is 2.44. The Morgan fingerprint density at radius 1 is 1.40 bits per heavy atom. The number of carbonyl (C=O) groups excluding carboxylic acids is 1. The first-order valence-electron chi connectivity index (χ1n) is 6.35. The highest BCUT2D eigenvalue weighted by Gasteiger charge is 2.38. The number of β-amino-alcohol motifs (C(OH)–C–C–N with tert-alkyl or cyclic N) is 1. The van der Waals surface area contributed by atoms with E-state index in [1.54, 1.807) is 24.3 Å². The van der Waals surface area contributed by atoms with Gasteiger partial charge in [0.25, 0.3) is 0 Å². The molecule has 0 radical (unpaired) electrons. The normalized spacial score (nSPS) is 21.8. The van der Waals surface area contributed by atoms with Crippen LogP contribution < -0.4 is 4.74 Å². The minimum absolute atomic E-state index is 0.0561. The highest BCUT2D eigenvalue weighted by Crippen LogP contribution is 2.22. The van der Waals surface area contributed by atoms with Crippen molar-refractivity contribution in [1.82, 2.24) is 4.90 Å². The molecule has 1 fully saturated rings. The molecule has 1 aliphatic heterocycles. The summed E-state index contributed by atoms with van der Waals surface area (Å²) in [6, 6.07) is 6.15. The number of rotatable bonds is 4. The lowest BCUT2D eigenvalue weighted by molar-refractivity contribution is -0.148. The molecule has 20 heavy (non-hydrogen) atoms. The van der Waals surface area contributed by atoms with Crippen molar-refractivity contribution in [1.29, 1.82) is 0 Å². The highest BCUT2D eigenvalue weighted by molar-refractivity contribution is 5.86. The van der Waals surface area contributed by atoms with Crippen LogP contribution in [0, 0.1) is 0 Å². The zero-order valence-electron chi connectivity index (χ0n) is 11.2. The molecule has 6 heteroatoms. The van der Waals surface area contributed by atoms with E-state index in [9.17, 15) is 14.7 Å². The summed E-state index contributed by atoms with van der Waals surface area (Å²) in [6.07, 6.45) is -0.647. The Morgan fingerprint density at radius 2 is 2.10 bits per heavy atom. The van der Waals surface area contributed by atoms with Gasteiger partial charge in [0.15, 0.2) is 0 Å². The quantitative estimate of drug-likeness (QED) is 0.827. The average Bonchev–Trinajstić information content (AvgIpc) is 2.82. The molecule has 1 saturated heterocycles. The van der Waals surface area contributed by atoms with Crippen molar-refractivity contribution in [3.63, 3.8) is 0 Å². The Balaban J connectivity index is 2.13. The lowest BCUT2D eigenvalue weighted by atomic mass is 10.1. The molecular weight excluding hydrogens is 262 g/mol. The van der Waals surface area contributed by atoms with Crippen LogP contribution in [0.15, 0.2) is 24.3 Å². The maximum Gasteiger partial charge on any atom is 0.326 e. The predicted octanol–water partition coefficient (Wildman–Crippen LogP) is 0.284. The number of ether oxygens (including phenoxy) is 1. The smallest absolute Gasteiger partial charge is 0.326 e. The molecule has 2 N–H and O–H groups in total. The minimum atomic E-state index is -1.09. The SMILES string of the molecule is COc1ccccc1CC(=O)N1C[C@H](O)C[C@H]1C(=O)O. The lowest BCUT2D eigenvalue weighted by Gasteiger charge is -2.21. The fourth-order valence-corrected chi connectivity index (χ4v) is 2.44. The van der Waals surface area contributed by atoms with Crippen molar-refractivity contribution in [2.75, 3.05) is 13.7 Å². The van der Waals surface area contributed by atoms with E-state index in [0.29, 0.717) is 11.3 Å². The van der Waals surface area contributed by atoms with Crippen molar-refractivity contribution >= 4 is 11.9 Å². The number of hydrogen-bond acceptors (Lipinski definition) is 4. The monoisotopic (exact) mass is 279 g/mol. The number of carbonyl (C=O) groups is 2. The Hall–Kier alpha value is -2.08. The summed E-state index contributed by atoms with van der Waals surface area (Å²) in [5, 5.41) is 18.6. The zero-order chi connectivity index (χ0) is 14.7. The van der Waals surface area contributed by atoms with Gasteiger partial charge in [-0.2, -0.15) is 0 Å². The van der Waals surface area contributed by atoms with Crippen LogP contribution in [0.4, 0.5) is 0 Å². The number of amides is 1. The van der Waals surface area contributed by atoms with Crippen molar-refractivity contribution in [3.8, 4) is 5.75 Å². The van der Waals surface area contributed by atoms with Gasteiger partial charge in [-0.25, -0.2) is 4.79 Å². The molecule has 108 valence electrons. The molecule has 1 aromatic carbocycles. The molecule has 6 nitrogen and oxygen atoms in total. The molecule has 1 aliphatic rings. The first-order valence-corrected chi connectivity index (χ1v) is 6.35. The molecule has 0 spiro atoms. The van der Waals surface area contributed by atoms with Gasteiger partial charge in [-0.3, -0.25) is 4.79 Å². The second-order valence-corrected chi connectivity index (χ2v) is 4.78. The maximum absolute atomic E-state index is 12.2. The van der Waals surface area contributed by atoms with Gasteiger partial charge in [-0.1, -0.05) is 18.2 Å². The second-order valence-electron chi connectivity index (χ2n) is 4.78. The minimum Gasteiger partial charge on any atom is -0.496 e. The second kappa shape index (κ2) is 5.92. The van der Waals surface area contributed by atoms with Crippen LogP contribution in [0.25, 0.3) is 0 Å². The Bertz CT molecular complexity index is 516. The van der Waals surface area contributed by atoms with E-state index in [0.717, 1.165) is 0 Å². The van der Waals surface area contributed by atoms with Crippen LogP contribution in [0.5, 0.6) is 5.75 Å². The lowest BCUT2D eigenvalue weighted by Crippen LogP contribution is -2.41. The summed E-state index contributed by atoms with van der Waals surface area (Å²) in [4.78, 5) is 24.6. The van der Waals surface area contributed by atoms with Crippen LogP contribution in [0.3, 0.4) is 0 Å². The van der Waals surface area contributed by atoms with Crippen LogP contribution >= 0.6 is 0 Å². The van der Waals surface area contributed by atoms with Gasteiger partial charge >= 0.3 is 5.97 Å². The molecule has 0 saturated carbocycles. The van der Waals surface area contributed by atoms with Gasteiger partial charge in [0.1, 0.15) is 11.8 Å². The molecule has 2 rings (SSSR count). The van der Waals surface area contributed by atoms with Gasteiger partial charge < -0.3 is 19.8 Å². The van der Waals surface area contributed by atoms with Gasteiger partial charge in [0.2, 0.25) is 5.91 Å². The van der Waals surface area contributed by atoms with Crippen molar-refractivity contribution in [3.05, 3.63) is 29.8 Å². The summed E-state index contributed by atoms with van der Waals surface area (Å²) in [5.74, 6) is -0.819. The van der Waals surface area contributed by atoms with Crippen molar-refractivity contribution in [2.24, 2.45) is 0 Å². The number of hydrogen-bond donors (Lipinski definition) is 2. The average molecular weight is 279 g/mol. The van der Waals surface area contributed by atoms with E-state index >= 15 is 0 Å². The van der Waals surface area contributed by atoms with E-state index in [2.05, 4.69) is 0 Å². The topological polar surface area (TPSA) is 87.1 Å². The molecule has 1 aromatic rings. The third-order valence-electron chi connectivity index (χ3n) is 3.42. The summed E-state index contributed by atoms with van der Waals surface area (Å²) >= 11 is 0. The summed E-state index contributed by atoms with van der Waals surface area (Å²) in [7, 11) is 1.52. The number of aliphatic carboxylic acids is 1. The van der Waals surface area contributed by atoms with Gasteiger partial charge in [-0.15, -0.1) is 0 Å². The largest absolute Gasteiger partial charge is 0.496 e. The summed E-state index contributed by atoms with van der Waals surface area (Å²) in [6.45, 7) is 0.0605. The number of carboxylic acid groups (broad SMARTS) is 1. The third kappa shape index (κ3) is 2.91. The van der Waals surface area contributed by atoms with Gasteiger partial charge in [0.05, 0.1) is 19.6 Å². The molecule has 0 aliphatic carbocycles. The molecule has 2 atom stereocenters. The van der Waals surface area contributed by atoms with Gasteiger partial charge in [0, 0.05) is 18.5 Å². The van der Waals surface area contributed by atoms with E-state index < -0.39 is 18.1 Å². The number of likely N-dealkylation sites (tertiary alicyclic amines) is 1. The number of benzene rings is 1. The number of carboxylic acids is 1. The van der Waals surface area contributed by atoms with Crippen LogP contribution in [-0.2, 0) is 16.0 Å². The fraction of sp³-hybridized carbons (Fsp3) is 0.429. The number of methoxy groups -OCH3 is 1. The highest BCUT2D eigenvalue weighted by atomic mass is 16.5. The number of para-hydroxylation sites is 1. The summed E-state index contributed by atoms with van der Waals surface area (Å²) < 4.78 is 5.17. The molecular formula is C14H17NO5. The Kier molecular flexibility index (Phi) is 4.24. The maximum atomic E-state index is 12.2. The van der Waals surface area contributed by atoms with E-state index in [-0.39, 0.29) is 25.3 Å². The molecule has 0 unspecified atom stereocenters. The van der Waals surface area contributed by atoms with E-state index in [1.807, 2.05) is 0 Å². The molecule has 0 aromatic heterocycles. The van der Waals surface area contributed by atoms with Crippen molar-refractivity contribution < 1.29 is 24.5 Å². The van der Waals surface area contributed by atoms with E-state index in [4.69, 9.17) is 9.84 Å². The van der Waals surface area contributed by atoms with Crippen LogP contribution in [0.1, 0.15) is 12.0 Å². The number of aliphatic hydroxyl groups is 1. The molecule has 1 amide bonds. The standard InChI is InChI=1S/C14H17NO5/c1-20-12-5-3-2-4-9(12)6-13(17)15-8-10(16)7-11(15)14(18)19/h2-5,10-11,16H,6-8H2,1H3,(H,18,19)/t10-,11+/m1/s1. The van der Waals surface area contributed by atoms with Crippen molar-refractivity contribution in [2.45, 2.75) is 25.0 Å². The van der Waals surface area contributed by atoms with Crippen LogP contribution in [-0.4, -0.2) is 52.8 Å². The van der Waals surface area contributed by atoms with E-state index in [1.165, 1.54) is 12.0 Å². The first-order chi connectivity index (χ1) is 9.52. The molecule has 1 heterocycles.